The minimum Gasteiger partial charge on any atom is -0.335 e. The Balaban J connectivity index is 1.86. The van der Waals surface area contributed by atoms with Gasteiger partial charge in [0, 0.05) is 18.4 Å². The zero-order valence-electron chi connectivity index (χ0n) is 9.58. The average Bonchev–Trinajstić information content (AvgIpc) is 2.33. The highest BCUT2D eigenvalue weighted by molar-refractivity contribution is 9.10. The number of aromatic nitrogens is 1. The van der Waals surface area contributed by atoms with Crippen LogP contribution in [0.1, 0.15) is 32.1 Å². The first-order valence-electron chi connectivity index (χ1n) is 5.93. The van der Waals surface area contributed by atoms with Crippen molar-refractivity contribution >= 4 is 27.6 Å². The summed E-state index contributed by atoms with van der Waals surface area (Å²) < 4.78 is 0.791. The third kappa shape index (κ3) is 3.70. The minimum absolute atomic E-state index is 0.135. The van der Waals surface area contributed by atoms with Gasteiger partial charge in [-0.15, -0.1) is 0 Å². The van der Waals surface area contributed by atoms with Crippen molar-refractivity contribution in [1.82, 2.24) is 10.3 Å². The number of rotatable bonds is 2. The molecular formula is C12H16BrN3O. The second-order valence-electron chi connectivity index (χ2n) is 4.29. The molecule has 1 fully saturated rings. The van der Waals surface area contributed by atoms with Gasteiger partial charge in [0.1, 0.15) is 0 Å². The maximum absolute atomic E-state index is 11.8. The van der Waals surface area contributed by atoms with Crippen molar-refractivity contribution in [2.24, 2.45) is 0 Å². The standard InChI is InChI=1S/C12H16BrN3O/c13-10-8-14-7-6-11(10)16-12(17)15-9-4-2-1-3-5-9/h6-9H,1-5H2,(H2,14,15,16,17). The van der Waals surface area contributed by atoms with E-state index in [1.54, 1.807) is 18.5 Å². The third-order valence-corrected chi connectivity index (χ3v) is 3.59. The van der Waals surface area contributed by atoms with Gasteiger partial charge in [0.25, 0.3) is 0 Å². The smallest absolute Gasteiger partial charge is 0.319 e. The third-order valence-electron chi connectivity index (χ3n) is 2.96. The Labute approximate surface area is 109 Å². The van der Waals surface area contributed by atoms with Gasteiger partial charge in [0.15, 0.2) is 0 Å². The number of hydrogen-bond acceptors (Lipinski definition) is 2. The van der Waals surface area contributed by atoms with Gasteiger partial charge in [0.2, 0.25) is 0 Å². The van der Waals surface area contributed by atoms with E-state index in [4.69, 9.17) is 0 Å². The summed E-state index contributed by atoms with van der Waals surface area (Å²) in [6.07, 6.45) is 9.20. The molecule has 0 bridgehead atoms. The lowest BCUT2D eigenvalue weighted by Crippen LogP contribution is -2.39. The lowest BCUT2D eigenvalue weighted by atomic mass is 9.96. The van der Waals surface area contributed by atoms with E-state index in [0.717, 1.165) is 23.0 Å². The van der Waals surface area contributed by atoms with Crippen molar-refractivity contribution < 1.29 is 4.79 Å². The Hall–Kier alpha value is -1.10. The first kappa shape index (κ1) is 12.4. The Kier molecular flexibility index (Phi) is 4.36. The molecule has 92 valence electrons. The Morgan fingerprint density at radius 1 is 1.35 bits per heavy atom. The molecule has 1 saturated carbocycles. The van der Waals surface area contributed by atoms with Crippen LogP contribution in [0.5, 0.6) is 0 Å². The molecule has 4 nitrogen and oxygen atoms in total. The van der Waals surface area contributed by atoms with Crippen LogP contribution in [-0.4, -0.2) is 17.1 Å². The molecule has 1 aliphatic rings. The van der Waals surface area contributed by atoms with Crippen molar-refractivity contribution in [2.45, 2.75) is 38.1 Å². The Morgan fingerprint density at radius 3 is 2.82 bits per heavy atom. The van der Waals surface area contributed by atoms with E-state index >= 15 is 0 Å². The molecule has 0 saturated heterocycles. The first-order valence-corrected chi connectivity index (χ1v) is 6.72. The van der Waals surface area contributed by atoms with Crippen LogP contribution in [0.4, 0.5) is 10.5 Å². The molecule has 0 aliphatic heterocycles. The van der Waals surface area contributed by atoms with Crippen LogP contribution in [0.15, 0.2) is 22.9 Å². The fraction of sp³-hybridized carbons (Fsp3) is 0.500. The van der Waals surface area contributed by atoms with E-state index in [0.29, 0.717) is 6.04 Å². The maximum Gasteiger partial charge on any atom is 0.319 e. The summed E-state index contributed by atoms with van der Waals surface area (Å²) in [5.41, 5.74) is 0.744. The quantitative estimate of drug-likeness (QED) is 0.880. The number of carbonyl (C=O) groups is 1. The van der Waals surface area contributed by atoms with Crippen molar-refractivity contribution in [3.63, 3.8) is 0 Å². The van der Waals surface area contributed by atoms with Gasteiger partial charge in [-0.3, -0.25) is 4.98 Å². The summed E-state index contributed by atoms with van der Waals surface area (Å²) in [5, 5.41) is 5.82. The molecule has 1 heterocycles. The summed E-state index contributed by atoms with van der Waals surface area (Å²) in [5.74, 6) is 0. The highest BCUT2D eigenvalue weighted by atomic mass is 79.9. The van der Waals surface area contributed by atoms with E-state index in [-0.39, 0.29) is 6.03 Å². The van der Waals surface area contributed by atoms with Crippen LogP contribution in [0.3, 0.4) is 0 Å². The van der Waals surface area contributed by atoms with Gasteiger partial charge >= 0.3 is 6.03 Å². The van der Waals surface area contributed by atoms with Crippen molar-refractivity contribution in [1.29, 1.82) is 0 Å². The van der Waals surface area contributed by atoms with Gasteiger partial charge in [0.05, 0.1) is 10.2 Å². The first-order chi connectivity index (χ1) is 8.25. The summed E-state index contributed by atoms with van der Waals surface area (Å²) in [7, 11) is 0. The lowest BCUT2D eigenvalue weighted by molar-refractivity contribution is 0.244. The maximum atomic E-state index is 11.8. The van der Waals surface area contributed by atoms with Gasteiger partial charge in [-0.1, -0.05) is 19.3 Å². The summed E-state index contributed by atoms with van der Waals surface area (Å²) in [4.78, 5) is 15.7. The number of halogens is 1. The number of nitrogens with zero attached hydrogens (tertiary/aromatic N) is 1. The topological polar surface area (TPSA) is 54.0 Å². The number of anilines is 1. The molecule has 2 amide bonds. The second kappa shape index (κ2) is 6.00. The van der Waals surface area contributed by atoms with Crippen LogP contribution in [-0.2, 0) is 0 Å². The van der Waals surface area contributed by atoms with E-state index in [9.17, 15) is 4.79 Å². The largest absolute Gasteiger partial charge is 0.335 e. The summed E-state index contributed by atoms with van der Waals surface area (Å²) in [6, 6.07) is 1.96. The van der Waals surface area contributed by atoms with Crippen molar-refractivity contribution in [3.8, 4) is 0 Å². The van der Waals surface area contributed by atoms with Gasteiger partial charge in [-0.05, 0) is 34.8 Å². The SMILES string of the molecule is O=C(Nc1ccncc1Br)NC1CCCCC1. The van der Waals surface area contributed by atoms with E-state index in [1.807, 2.05) is 0 Å². The van der Waals surface area contributed by atoms with Crippen LogP contribution >= 0.6 is 15.9 Å². The van der Waals surface area contributed by atoms with Crippen LogP contribution in [0.25, 0.3) is 0 Å². The predicted octanol–water partition coefficient (Wildman–Crippen LogP) is 3.30. The molecule has 0 spiro atoms. The van der Waals surface area contributed by atoms with Crippen LogP contribution in [0, 0.1) is 0 Å². The monoisotopic (exact) mass is 297 g/mol. The van der Waals surface area contributed by atoms with Crippen molar-refractivity contribution in [3.05, 3.63) is 22.9 Å². The molecule has 0 unspecified atom stereocenters. The lowest BCUT2D eigenvalue weighted by Gasteiger charge is -2.22. The molecule has 5 heteroatoms. The number of pyridine rings is 1. The molecule has 0 radical (unpaired) electrons. The molecule has 1 aromatic rings. The van der Waals surface area contributed by atoms with Gasteiger partial charge < -0.3 is 10.6 Å². The Bertz CT molecular complexity index is 391. The molecule has 17 heavy (non-hydrogen) atoms. The summed E-state index contributed by atoms with van der Waals surface area (Å²) in [6.45, 7) is 0. The van der Waals surface area contributed by atoms with Gasteiger partial charge in [-0.2, -0.15) is 0 Å². The van der Waals surface area contributed by atoms with E-state index < -0.39 is 0 Å². The highest BCUT2D eigenvalue weighted by Gasteiger charge is 2.15. The minimum atomic E-state index is -0.135. The normalized spacial score (nSPS) is 16.5. The molecule has 0 aromatic carbocycles. The predicted molar refractivity (Wildman–Crippen MR) is 71.0 cm³/mol. The molecule has 2 rings (SSSR count). The molecule has 2 N–H and O–H groups in total. The van der Waals surface area contributed by atoms with E-state index in [1.165, 1.54) is 19.3 Å². The summed E-state index contributed by atoms with van der Waals surface area (Å²) >= 11 is 3.34. The zero-order valence-corrected chi connectivity index (χ0v) is 11.2. The number of urea groups is 1. The second-order valence-corrected chi connectivity index (χ2v) is 5.14. The molecular weight excluding hydrogens is 282 g/mol. The Morgan fingerprint density at radius 2 is 2.12 bits per heavy atom. The molecule has 1 aromatic heterocycles. The molecule has 0 atom stereocenters. The highest BCUT2D eigenvalue weighted by Crippen LogP contribution is 2.20. The number of carbonyl (C=O) groups excluding carboxylic acids is 1. The fourth-order valence-corrected chi connectivity index (χ4v) is 2.42. The zero-order chi connectivity index (χ0) is 12.1. The number of nitrogens with one attached hydrogen (secondary N) is 2. The fourth-order valence-electron chi connectivity index (χ4n) is 2.07. The van der Waals surface area contributed by atoms with Crippen LogP contribution < -0.4 is 10.6 Å². The van der Waals surface area contributed by atoms with Crippen molar-refractivity contribution in [2.75, 3.05) is 5.32 Å². The van der Waals surface area contributed by atoms with E-state index in [2.05, 4.69) is 31.5 Å². The number of amides is 2. The van der Waals surface area contributed by atoms with Gasteiger partial charge in [-0.25, -0.2) is 4.79 Å². The average molecular weight is 298 g/mol. The molecule has 1 aliphatic carbocycles. The number of hydrogen-bond donors (Lipinski definition) is 2. The van der Waals surface area contributed by atoms with Crippen LogP contribution in [0.2, 0.25) is 0 Å².